The molecular formula is C22H23Cl2F2N5. The van der Waals surface area contributed by atoms with Crippen molar-refractivity contribution in [1.29, 1.82) is 0 Å². The van der Waals surface area contributed by atoms with E-state index in [0.717, 1.165) is 16.8 Å². The van der Waals surface area contributed by atoms with Crippen LogP contribution in [0.15, 0.2) is 36.7 Å². The number of hydrogen-bond acceptors (Lipinski definition) is 4. The van der Waals surface area contributed by atoms with Gasteiger partial charge >= 0.3 is 0 Å². The molecule has 1 aliphatic carbocycles. The summed E-state index contributed by atoms with van der Waals surface area (Å²) < 4.78 is 28.4. The third kappa shape index (κ3) is 3.77. The zero-order valence-electron chi connectivity index (χ0n) is 17.2. The average molecular weight is 466 g/mol. The highest BCUT2D eigenvalue weighted by atomic mass is 35.5. The highest BCUT2D eigenvalue weighted by molar-refractivity contribution is 6.30. The number of aromatic nitrogens is 3. The minimum Gasteiger partial charge on any atom is -0.364 e. The molecule has 0 spiro atoms. The van der Waals surface area contributed by atoms with E-state index in [1.54, 1.807) is 18.5 Å². The van der Waals surface area contributed by atoms with Crippen molar-refractivity contribution >= 4 is 40.1 Å². The molecule has 1 aliphatic heterocycles. The van der Waals surface area contributed by atoms with E-state index >= 15 is 0 Å². The second-order valence-corrected chi connectivity index (χ2v) is 9.50. The number of imidazole rings is 1. The Morgan fingerprint density at radius 1 is 1.13 bits per heavy atom. The third-order valence-corrected chi connectivity index (χ3v) is 6.96. The predicted molar refractivity (Wildman–Crippen MR) is 119 cm³/mol. The highest BCUT2D eigenvalue weighted by Gasteiger charge is 2.62. The van der Waals surface area contributed by atoms with Crippen LogP contribution >= 0.6 is 23.2 Å². The normalized spacial score (nSPS) is 26.9. The number of nitrogens with zero attached hydrogens (tertiary/aromatic N) is 4. The second-order valence-electron chi connectivity index (χ2n) is 8.68. The number of pyridine rings is 1. The van der Waals surface area contributed by atoms with Gasteiger partial charge in [-0.1, -0.05) is 35.3 Å². The van der Waals surface area contributed by atoms with Crippen molar-refractivity contribution in [2.24, 2.45) is 5.92 Å². The van der Waals surface area contributed by atoms with Gasteiger partial charge in [-0.3, -0.25) is 4.90 Å². The van der Waals surface area contributed by atoms with E-state index in [-0.39, 0.29) is 24.5 Å². The van der Waals surface area contributed by atoms with Gasteiger partial charge in [-0.15, -0.1) is 0 Å². The fourth-order valence-corrected chi connectivity index (χ4v) is 5.18. The number of halogens is 4. The van der Waals surface area contributed by atoms with Crippen LogP contribution in [0.1, 0.15) is 31.9 Å². The number of anilines is 1. The average Bonchev–Trinajstić information content (AvgIpc) is 3.10. The van der Waals surface area contributed by atoms with Gasteiger partial charge in [0, 0.05) is 54.6 Å². The van der Waals surface area contributed by atoms with E-state index in [2.05, 4.69) is 38.6 Å². The molecule has 2 aliphatic rings. The molecule has 1 unspecified atom stereocenters. The summed E-state index contributed by atoms with van der Waals surface area (Å²) in [7, 11) is 0. The molecule has 0 amide bonds. The van der Waals surface area contributed by atoms with E-state index in [4.69, 9.17) is 23.2 Å². The largest absolute Gasteiger partial charge is 0.364 e. The highest BCUT2D eigenvalue weighted by Crippen LogP contribution is 2.57. The number of piperazine rings is 1. The topological polar surface area (TPSA) is 48.1 Å². The molecule has 3 heterocycles. The molecule has 0 bridgehead atoms. The van der Waals surface area contributed by atoms with Gasteiger partial charge in [0.2, 0.25) is 0 Å². The van der Waals surface area contributed by atoms with Crippen molar-refractivity contribution in [3.8, 4) is 0 Å². The summed E-state index contributed by atoms with van der Waals surface area (Å²) in [6, 6.07) is 8.95. The van der Waals surface area contributed by atoms with E-state index < -0.39 is 11.8 Å². The van der Waals surface area contributed by atoms with Crippen LogP contribution in [0, 0.1) is 5.92 Å². The van der Waals surface area contributed by atoms with E-state index in [1.807, 2.05) is 18.2 Å². The number of nitrogens with one attached hydrogen (secondary N) is 1. The lowest BCUT2D eigenvalue weighted by atomic mass is 9.95. The molecule has 2 fully saturated rings. The smallest absolute Gasteiger partial charge is 0.253 e. The van der Waals surface area contributed by atoms with E-state index in [0.29, 0.717) is 28.9 Å². The molecule has 2 aromatic heterocycles. The van der Waals surface area contributed by atoms with Gasteiger partial charge in [0.05, 0.1) is 12.0 Å². The maximum atomic E-state index is 14.2. The van der Waals surface area contributed by atoms with E-state index in [1.165, 1.54) is 0 Å². The molecule has 5 rings (SSSR count). The van der Waals surface area contributed by atoms with Crippen LogP contribution in [0.25, 0.3) is 11.2 Å². The molecular weight excluding hydrogens is 443 g/mol. The summed E-state index contributed by atoms with van der Waals surface area (Å²) in [5.41, 5.74) is 3.23. The first-order valence-electron chi connectivity index (χ1n) is 10.4. The summed E-state index contributed by atoms with van der Waals surface area (Å²) in [5, 5.41) is 0.989. The van der Waals surface area contributed by atoms with Crippen molar-refractivity contribution in [3.05, 3.63) is 52.4 Å². The Kier molecular flexibility index (Phi) is 5.11. The minimum atomic E-state index is -2.62. The third-order valence-electron chi connectivity index (χ3n) is 6.51. The number of aromatic amines is 1. The first-order chi connectivity index (χ1) is 14.7. The lowest BCUT2D eigenvalue weighted by Crippen LogP contribution is -2.58. The molecule has 164 valence electrons. The SMILES string of the molecule is C[C@@H]1CN(c2cc(Cl)nc3nc[nH]c23)[C@@H](C)CN1C(c1ccc(Cl)cc1)[C@@H]1CC1(F)F. The molecule has 1 saturated carbocycles. The second kappa shape index (κ2) is 7.57. The lowest BCUT2D eigenvalue weighted by molar-refractivity contribution is 0.0394. The first kappa shape index (κ1) is 20.9. The molecule has 0 radical (unpaired) electrons. The van der Waals surface area contributed by atoms with Gasteiger partial charge in [0.15, 0.2) is 5.65 Å². The Morgan fingerprint density at radius 2 is 1.84 bits per heavy atom. The summed E-state index contributed by atoms with van der Waals surface area (Å²) in [4.78, 5) is 16.1. The van der Waals surface area contributed by atoms with Crippen LogP contribution in [-0.4, -0.2) is 50.9 Å². The molecule has 3 aromatic rings. The minimum absolute atomic E-state index is 0.0539. The Labute approximate surface area is 189 Å². The molecule has 1 saturated heterocycles. The fourth-order valence-electron chi connectivity index (χ4n) is 4.87. The Hall–Kier alpha value is -1.96. The number of benzene rings is 1. The molecule has 9 heteroatoms. The maximum Gasteiger partial charge on any atom is 0.253 e. The molecule has 1 aromatic carbocycles. The molecule has 5 nitrogen and oxygen atoms in total. The lowest BCUT2D eigenvalue weighted by Gasteiger charge is -2.48. The predicted octanol–water partition coefficient (Wildman–Crippen LogP) is 5.56. The monoisotopic (exact) mass is 465 g/mol. The molecule has 1 N–H and O–H groups in total. The van der Waals surface area contributed by atoms with Crippen molar-refractivity contribution in [2.75, 3.05) is 18.0 Å². The van der Waals surface area contributed by atoms with Gasteiger partial charge in [-0.25, -0.2) is 18.7 Å². The summed E-state index contributed by atoms with van der Waals surface area (Å²) in [6.45, 7) is 5.53. The fraction of sp³-hybridized carbons (Fsp3) is 0.455. The summed E-state index contributed by atoms with van der Waals surface area (Å²) >= 11 is 12.3. The first-order valence-corrected chi connectivity index (χ1v) is 11.2. The van der Waals surface area contributed by atoms with Crippen molar-refractivity contribution in [1.82, 2.24) is 19.9 Å². The zero-order chi connectivity index (χ0) is 21.9. The Bertz CT molecular complexity index is 1100. The summed E-state index contributed by atoms with van der Waals surface area (Å²) in [5.74, 6) is -3.30. The zero-order valence-corrected chi connectivity index (χ0v) is 18.7. The Balaban J connectivity index is 1.46. The molecule has 4 atom stereocenters. The van der Waals surface area contributed by atoms with Gasteiger partial charge in [-0.05, 0) is 31.5 Å². The number of H-pyrrole nitrogens is 1. The standard InChI is InChI=1S/C22H23Cl2F2N5/c1-12-10-31(20(16-8-22(16,25)26)14-3-5-15(23)6-4-14)13(2)9-30(12)17-7-18(24)29-21-19(17)27-11-28-21/h3-7,11-13,16,20H,8-10H2,1-2H3,(H,27,28,29)/t12-,13+,16-,20?/m0/s1. The van der Waals surface area contributed by atoms with Gasteiger partial charge in [-0.2, -0.15) is 0 Å². The van der Waals surface area contributed by atoms with Crippen LogP contribution in [0.4, 0.5) is 14.5 Å². The van der Waals surface area contributed by atoms with Crippen LogP contribution < -0.4 is 4.90 Å². The van der Waals surface area contributed by atoms with Crippen LogP contribution in [-0.2, 0) is 0 Å². The number of rotatable bonds is 4. The quantitative estimate of drug-likeness (QED) is 0.512. The van der Waals surface area contributed by atoms with Crippen LogP contribution in [0.3, 0.4) is 0 Å². The van der Waals surface area contributed by atoms with E-state index in [9.17, 15) is 8.78 Å². The van der Waals surface area contributed by atoms with Crippen LogP contribution in [0.2, 0.25) is 10.2 Å². The maximum absolute atomic E-state index is 14.2. The number of fused-ring (bicyclic) bond motifs is 1. The van der Waals surface area contributed by atoms with Crippen molar-refractivity contribution in [3.63, 3.8) is 0 Å². The number of alkyl halides is 2. The summed E-state index contributed by atoms with van der Waals surface area (Å²) in [6.07, 6.45) is 1.53. The van der Waals surface area contributed by atoms with Crippen LogP contribution in [0.5, 0.6) is 0 Å². The molecule has 31 heavy (non-hydrogen) atoms. The van der Waals surface area contributed by atoms with Crippen molar-refractivity contribution < 1.29 is 8.78 Å². The van der Waals surface area contributed by atoms with Gasteiger partial charge in [0.25, 0.3) is 5.92 Å². The Morgan fingerprint density at radius 3 is 2.52 bits per heavy atom. The van der Waals surface area contributed by atoms with Gasteiger partial charge in [0.1, 0.15) is 10.7 Å². The van der Waals surface area contributed by atoms with Crippen molar-refractivity contribution in [2.45, 2.75) is 44.3 Å². The number of hydrogen-bond donors (Lipinski definition) is 1. The van der Waals surface area contributed by atoms with Gasteiger partial charge < -0.3 is 9.88 Å².